The van der Waals surface area contributed by atoms with Crippen LogP contribution in [0.15, 0.2) is 30.3 Å². The van der Waals surface area contributed by atoms with Gasteiger partial charge in [0.25, 0.3) is 0 Å². The fourth-order valence-electron chi connectivity index (χ4n) is 2.80. The van der Waals surface area contributed by atoms with E-state index in [0.29, 0.717) is 26.3 Å². The summed E-state index contributed by atoms with van der Waals surface area (Å²) in [7, 11) is 1.46. The zero-order chi connectivity index (χ0) is 21.4. The van der Waals surface area contributed by atoms with Crippen LogP contribution in [0.25, 0.3) is 0 Å². The van der Waals surface area contributed by atoms with Crippen molar-refractivity contribution in [2.45, 2.75) is 45.4 Å². The Morgan fingerprint density at radius 3 is 2.34 bits per heavy atom. The first-order valence-corrected chi connectivity index (χ1v) is 9.69. The summed E-state index contributed by atoms with van der Waals surface area (Å²) in [6.07, 6.45) is -0.918. The van der Waals surface area contributed by atoms with Gasteiger partial charge >= 0.3 is 12.1 Å². The molecule has 1 unspecified atom stereocenters. The molecule has 8 heteroatoms. The third-order valence-electron chi connectivity index (χ3n) is 4.36. The lowest BCUT2D eigenvalue weighted by atomic mass is 10.1. The number of hydrogen-bond donors (Lipinski definition) is 0. The van der Waals surface area contributed by atoms with Gasteiger partial charge in [0, 0.05) is 20.1 Å². The molecule has 2 amide bonds. The quantitative estimate of drug-likeness (QED) is 0.674. The number of rotatable bonds is 6. The summed E-state index contributed by atoms with van der Waals surface area (Å²) in [5.41, 5.74) is 0.128. The van der Waals surface area contributed by atoms with Crippen molar-refractivity contribution >= 4 is 18.0 Å². The van der Waals surface area contributed by atoms with Crippen molar-refractivity contribution < 1.29 is 28.6 Å². The summed E-state index contributed by atoms with van der Waals surface area (Å²) in [5.74, 6) is -0.880. The number of morpholine rings is 1. The van der Waals surface area contributed by atoms with Crippen LogP contribution in [0.3, 0.4) is 0 Å². The third-order valence-corrected chi connectivity index (χ3v) is 4.36. The van der Waals surface area contributed by atoms with Crippen molar-refractivity contribution in [1.82, 2.24) is 9.80 Å². The summed E-state index contributed by atoms with van der Waals surface area (Å²) >= 11 is 0. The molecular weight excluding hydrogens is 376 g/mol. The molecule has 1 aromatic rings. The van der Waals surface area contributed by atoms with Crippen LogP contribution >= 0.6 is 0 Å². The summed E-state index contributed by atoms with van der Waals surface area (Å²) in [6.45, 7) is 7.00. The second-order valence-corrected chi connectivity index (χ2v) is 7.90. The van der Waals surface area contributed by atoms with Crippen molar-refractivity contribution in [2.75, 3.05) is 33.4 Å². The topological polar surface area (TPSA) is 85.4 Å². The number of amides is 2. The van der Waals surface area contributed by atoms with E-state index in [9.17, 15) is 14.4 Å². The Hall–Kier alpha value is -2.61. The van der Waals surface area contributed by atoms with E-state index in [1.807, 2.05) is 30.3 Å². The van der Waals surface area contributed by atoms with Crippen LogP contribution in [0.1, 0.15) is 32.8 Å². The van der Waals surface area contributed by atoms with Crippen LogP contribution in [0.2, 0.25) is 0 Å². The highest BCUT2D eigenvalue weighted by Gasteiger charge is 2.35. The number of ether oxygens (including phenoxy) is 3. The van der Waals surface area contributed by atoms with Crippen molar-refractivity contribution in [3.05, 3.63) is 35.9 Å². The minimum atomic E-state index is -1.01. The summed E-state index contributed by atoms with van der Waals surface area (Å²) < 4.78 is 16.0. The van der Waals surface area contributed by atoms with Gasteiger partial charge < -0.3 is 19.1 Å². The molecule has 29 heavy (non-hydrogen) atoms. The van der Waals surface area contributed by atoms with E-state index >= 15 is 0 Å². The summed E-state index contributed by atoms with van der Waals surface area (Å²) in [6, 6.07) is 8.26. The Bertz CT molecular complexity index is 695. The lowest BCUT2D eigenvalue weighted by Crippen LogP contribution is -2.53. The molecule has 1 heterocycles. The summed E-state index contributed by atoms with van der Waals surface area (Å²) in [5, 5.41) is 0. The Labute approximate surface area is 171 Å². The highest BCUT2D eigenvalue weighted by molar-refractivity contribution is 5.89. The van der Waals surface area contributed by atoms with Crippen LogP contribution in [0.4, 0.5) is 4.79 Å². The number of nitrogens with zero attached hydrogens (tertiary/aromatic N) is 2. The average molecular weight is 406 g/mol. The largest absolute Gasteiger partial charge is 0.461 e. The van der Waals surface area contributed by atoms with Gasteiger partial charge in [-0.2, -0.15) is 0 Å². The highest BCUT2D eigenvalue weighted by Crippen LogP contribution is 2.16. The number of esters is 1. The Morgan fingerprint density at radius 2 is 1.76 bits per heavy atom. The van der Waals surface area contributed by atoms with Crippen molar-refractivity contribution in [3.8, 4) is 0 Å². The van der Waals surface area contributed by atoms with E-state index in [2.05, 4.69) is 0 Å². The van der Waals surface area contributed by atoms with Gasteiger partial charge in [-0.15, -0.1) is 0 Å². The van der Waals surface area contributed by atoms with Gasteiger partial charge in [0.15, 0.2) is 0 Å². The van der Waals surface area contributed by atoms with Crippen LogP contribution in [-0.2, 0) is 30.4 Å². The van der Waals surface area contributed by atoms with E-state index in [4.69, 9.17) is 14.2 Å². The van der Waals surface area contributed by atoms with Crippen molar-refractivity contribution in [1.29, 1.82) is 0 Å². The Balaban J connectivity index is 2.07. The van der Waals surface area contributed by atoms with Gasteiger partial charge in [-0.25, -0.2) is 4.79 Å². The van der Waals surface area contributed by atoms with Crippen LogP contribution in [-0.4, -0.2) is 72.8 Å². The van der Waals surface area contributed by atoms with Gasteiger partial charge in [0.05, 0.1) is 19.6 Å². The number of carbonyl (C=O) groups is 3. The predicted molar refractivity (Wildman–Crippen MR) is 106 cm³/mol. The molecule has 2 rings (SSSR count). The number of benzene rings is 1. The zero-order valence-corrected chi connectivity index (χ0v) is 17.6. The van der Waals surface area contributed by atoms with E-state index < -0.39 is 23.7 Å². The number of hydrogen-bond acceptors (Lipinski definition) is 6. The molecule has 0 bridgehead atoms. The molecule has 0 saturated carbocycles. The molecule has 0 radical (unpaired) electrons. The monoisotopic (exact) mass is 406 g/mol. The van der Waals surface area contributed by atoms with Crippen molar-refractivity contribution in [2.24, 2.45) is 0 Å². The van der Waals surface area contributed by atoms with Crippen molar-refractivity contribution in [3.63, 3.8) is 0 Å². The van der Waals surface area contributed by atoms with E-state index in [0.717, 1.165) is 5.56 Å². The molecule has 1 aliphatic rings. The first kappa shape index (κ1) is 22.7. The highest BCUT2D eigenvalue weighted by atomic mass is 16.6. The van der Waals surface area contributed by atoms with Gasteiger partial charge in [-0.1, -0.05) is 30.3 Å². The maximum atomic E-state index is 13.0. The normalized spacial score (nSPS) is 15.4. The molecule has 0 spiro atoms. The van der Waals surface area contributed by atoms with E-state index in [-0.39, 0.29) is 18.9 Å². The van der Waals surface area contributed by atoms with Gasteiger partial charge in [0.1, 0.15) is 18.2 Å². The van der Waals surface area contributed by atoms with E-state index in [1.54, 1.807) is 25.7 Å². The molecule has 0 aliphatic carbocycles. The molecule has 160 valence electrons. The molecular formula is C21H30N2O6. The maximum absolute atomic E-state index is 13.0. The Morgan fingerprint density at radius 1 is 1.14 bits per heavy atom. The predicted octanol–water partition coefficient (Wildman–Crippen LogP) is 2.21. The van der Waals surface area contributed by atoms with Crippen LogP contribution < -0.4 is 0 Å². The molecule has 1 saturated heterocycles. The average Bonchev–Trinajstić information content (AvgIpc) is 2.69. The minimum absolute atomic E-state index is 0.105. The van der Waals surface area contributed by atoms with Gasteiger partial charge in [-0.05, 0) is 26.3 Å². The molecule has 1 fully saturated rings. The standard InChI is InChI=1S/C21H30N2O6/c1-21(2,3)29-20(26)22(4)17(19(25)23-10-12-27-13-11-23)14-18(24)28-15-16-8-6-5-7-9-16/h5-9,17H,10-15H2,1-4H3. The first-order chi connectivity index (χ1) is 13.7. The van der Waals surface area contributed by atoms with E-state index in [1.165, 1.54) is 11.9 Å². The Kier molecular flexibility index (Phi) is 8.01. The molecule has 1 aromatic carbocycles. The smallest absolute Gasteiger partial charge is 0.410 e. The molecule has 0 N–H and O–H groups in total. The fraction of sp³-hybridized carbons (Fsp3) is 0.571. The first-order valence-electron chi connectivity index (χ1n) is 9.69. The maximum Gasteiger partial charge on any atom is 0.410 e. The molecule has 1 atom stereocenters. The molecule has 1 aliphatic heterocycles. The van der Waals surface area contributed by atoms with Gasteiger partial charge in [0.2, 0.25) is 5.91 Å². The third kappa shape index (κ3) is 7.38. The van der Waals surface area contributed by atoms with Crippen LogP contribution in [0.5, 0.6) is 0 Å². The second-order valence-electron chi connectivity index (χ2n) is 7.90. The lowest BCUT2D eigenvalue weighted by Gasteiger charge is -2.34. The summed E-state index contributed by atoms with van der Waals surface area (Å²) in [4.78, 5) is 40.7. The molecule has 8 nitrogen and oxygen atoms in total. The fourth-order valence-corrected chi connectivity index (χ4v) is 2.80. The number of carbonyl (C=O) groups excluding carboxylic acids is 3. The SMILES string of the molecule is CN(C(=O)OC(C)(C)C)C(CC(=O)OCc1ccccc1)C(=O)N1CCOCC1. The van der Waals surface area contributed by atoms with Crippen LogP contribution in [0, 0.1) is 0 Å². The number of likely N-dealkylation sites (N-methyl/N-ethyl adjacent to an activating group) is 1. The molecule has 0 aromatic heterocycles. The second kappa shape index (κ2) is 10.2. The van der Waals surface area contributed by atoms with Gasteiger partial charge in [-0.3, -0.25) is 14.5 Å². The minimum Gasteiger partial charge on any atom is -0.461 e. The lowest BCUT2D eigenvalue weighted by molar-refractivity contribution is -0.151. The zero-order valence-electron chi connectivity index (χ0n) is 17.6.